The molecule has 1 N–H and O–H groups in total. The first-order valence-corrected chi connectivity index (χ1v) is 6.17. The summed E-state index contributed by atoms with van der Waals surface area (Å²) in [6, 6.07) is 9.51. The molecular weight excluding hydrogens is 256 g/mol. The second-order valence-electron chi connectivity index (χ2n) is 4.25. The molecular formula is C13H12N6O. The highest BCUT2D eigenvalue weighted by Crippen LogP contribution is 2.20. The molecule has 0 radical (unpaired) electrons. The highest BCUT2D eigenvalue weighted by atomic mass is 16.1. The molecule has 0 aliphatic carbocycles. The van der Waals surface area contributed by atoms with Crippen molar-refractivity contribution in [3.8, 4) is 0 Å². The van der Waals surface area contributed by atoms with E-state index in [4.69, 9.17) is 0 Å². The van der Waals surface area contributed by atoms with Gasteiger partial charge in [-0.05, 0) is 22.6 Å². The molecule has 1 amide bonds. The molecule has 0 spiro atoms. The molecule has 7 nitrogen and oxygen atoms in total. The van der Waals surface area contributed by atoms with Crippen LogP contribution in [-0.4, -0.2) is 31.1 Å². The van der Waals surface area contributed by atoms with E-state index in [0.29, 0.717) is 18.7 Å². The van der Waals surface area contributed by atoms with Crippen molar-refractivity contribution in [2.24, 2.45) is 0 Å². The third-order valence-electron chi connectivity index (χ3n) is 2.87. The molecule has 0 bridgehead atoms. The molecule has 100 valence electrons. The Kier molecular flexibility index (Phi) is 3.32. The first-order chi connectivity index (χ1) is 9.83. The van der Waals surface area contributed by atoms with Gasteiger partial charge in [-0.25, -0.2) is 4.68 Å². The maximum absolute atomic E-state index is 11.9. The second-order valence-corrected chi connectivity index (χ2v) is 4.25. The highest BCUT2D eigenvalue weighted by molar-refractivity contribution is 6.00. The van der Waals surface area contributed by atoms with Crippen molar-refractivity contribution >= 4 is 22.5 Å². The van der Waals surface area contributed by atoms with Crippen LogP contribution in [0.5, 0.6) is 0 Å². The number of fused-ring (bicyclic) bond motifs is 1. The van der Waals surface area contributed by atoms with Gasteiger partial charge in [0.2, 0.25) is 5.91 Å². The number of hydrogen-bond acceptors (Lipinski definition) is 5. The number of aryl methyl sites for hydroxylation is 1. The van der Waals surface area contributed by atoms with Gasteiger partial charge in [-0.2, -0.15) is 0 Å². The number of benzene rings is 1. The summed E-state index contributed by atoms with van der Waals surface area (Å²) < 4.78 is 1.51. The number of para-hydroxylation sites is 1. The van der Waals surface area contributed by atoms with Crippen molar-refractivity contribution in [3.63, 3.8) is 0 Å². The van der Waals surface area contributed by atoms with E-state index in [9.17, 15) is 4.79 Å². The van der Waals surface area contributed by atoms with E-state index in [-0.39, 0.29) is 5.91 Å². The number of nitrogens with one attached hydrogen (secondary N) is 1. The van der Waals surface area contributed by atoms with Gasteiger partial charge in [0.25, 0.3) is 0 Å². The van der Waals surface area contributed by atoms with Crippen LogP contribution in [0.4, 0.5) is 5.69 Å². The van der Waals surface area contributed by atoms with Crippen molar-refractivity contribution < 1.29 is 4.79 Å². The van der Waals surface area contributed by atoms with E-state index in [1.165, 1.54) is 11.0 Å². The molecule has 0 saturated carbocycles. The number of rotatable bonds is 4. The van der Waals surface area contributed by atoms with Crippen LogP contribution in [0.2, 0.25) is 0 Å². The van der Waals surface area contributed by atoms with E-state index < -0.39 is 0 Å². The summed E-state index contributed by atoms with van der Waals surface area (Å²) in [4.78, 5) is 16.2. The Hall–Kier alpha value is -2.83. The SMILES string of the molecule is O=C(CCn1cnnn1)Nc1cccc2cccnc12. The number of anilines is 1. The Morgan fingerprint density at radius 1 is 1.25 bits per heavy atom. The Bertz CT molecular complexity index is 719. The monoisotopic (exact) mass is 268 g/mol. The molecule has 0 saturated heterocycles. The lowest BCUT2D eigenvalue weighted by molar-refractivity contribution is -0.116. The number of pyridine rings is 1. The molecule has 0 aliphatic heterocycles. The fourth-order valence-electron chi connectivity index (χ4n) is 1.92. The number of aromatic nitrogens is 5. The number of carbonyl (C=O) groups excluding carboxylic acids is 1. The van der Waals surface area contributed by atoms with Crippen molar-refractivity contribution in [2.45, 2.75) is 13.0 Å². The lowest BCUT2D eigenvalue weighted by Gasteiger charge is -2.07. The first-order valence-electron chi connectivity index (χ1n) is 6.17. The van der Waals surface area contributed by atoms with Crippen LogP contribution in [0.1, 0.15) is 6.42 Å². The normalized spacial score (nSPS) is 10.6. The summed E-state index contributed by atoms with van der Waals surface area (Å²) >= 11 is 0. The highest BCUT2D eigenvalue weighted by Gasteiger charge is 2.07. The largest absolute Gasteiger partial charge is 0.324 e. The summed E-state index contributed by atoms with van der Waals surface area (Å²) in [7, 11) is 0. The summed E-state index contributed by atoms with van der Waals surface area (Å²) in [5, 5.41) is 14.6. The standard InChI is InChI=1S/C13H12N6O/c20-12(6-8-19-9-15-17-18-19)16-11-5-1-3-10-4-2-7-14-13(10)11/h1-5,7,9H,6,8H2,(H,16,20). The quantitative estimate of drug-likeness (QED) is 0.769. The van der Waals surface area contributed by atoms with E-state index in [1.54, 1.807) is 6.20 Å². The van der Waals surface area contributed by atoms with Crippen molar-refractivity contribution in [1.82, 2.24) is 25.2 Å². The summed E-state index contributed by atoms with van der Waals surface area (Å²) in [6.07, 6.45) is 3.49. The van der Waals surface area contributed by atoms with Gasteiger partial charge in [-0.3, -0.25) is 9.78 Å². The fraction of sp³-hybridized carbons (Fsp3) is 0.154. The number of nitrogens with zero attached hydrogens (tertiary/aromatic N) is 5. The minimum absolute atomic E-state index is 0.0985. The minimum atomic E-state index is -0.0985. The molecule has 2 aromatic heterocycles. The number of carbonyl (C=O) groups is 1. The van der Waals surface area contributed by atoms with Gasteiger partial charge in [0.05, 0.1) is 17.7 Å². The lowest BCUT2D eigenvalue weighted by atomic mass is 10.2. The van der Waals surface area contributed by atoms with Crippen LogP contribution >= 0.6 is 0 Å². The van der Waals surface area contributed by atoms with E-state index in [2.05, 4.69) is 25.8 Å². The van der Waals surface area contributed by atoms with Gasteiger partial charge in [0.1, 0.15) is 6.33 Å². The zero-order chi connectivity index (χ0) is 13.8. The van der Waals surface area contributed by atoms with Gasteiger partial charge in [0, 0.05) is 18.0 Å². The van der Waals surface area contributed by atoms with Gasteiger partial charge in [-0.15, -0.1) is 5.10 Å². The maximum Gasteiger partial charge on any atom is 0.226 e. The summed E-state index contributed by atoms with van der Waals surface area (Å²) in [5.74, 6) is -0.0985. The van der Waals surface area contributed by atoms with E-state index in [0.717, 1.165) is 10.9 Å². The number of tetrazole rings is 1. The fourth-order valence-corrected chi connectivity index (χ4v) is 1.92. The minimum Gasteiger partial charge on any atom is -0.324 e. The van der Waals surface area contributed by atoms with Crippen LogP contribution in [0.15, 0.2) is 42.9 Å². The second kappa shape index (κ2) is 5.43. The molecule has 7 heteroatoms. The van der Waals surface area contributed by atoms with Crippen molar-refractivity contribution in [2.75, 3.05) is 5.32 Å². The van der Waals surface area contributed by atoms with Gasteiger partial charge >= 0.3 is 0 Å². The zero-order valence-electron chi connectivity index (χ0n) is 10.6. The average molecular weight is 268 g/mol. The molecule has 0 fully saturated rings. The molecule has 2 heterocycles. The zero-order valence-corrected chi connectivity index (χ0v) is 10.6. The average Bonchev–Trinajstić information content (AvgIpc) is 2.99. The van der Waals surface area contributed by atoms with Crippen LogP contribution < -0.4 is 5.32 Å². The summed E-state index contributed by atoms with van der Waals surface area (Å²) in [5.41, 5.74) is 1.50. The van der Waals surface area contributed by atoms with Crippen LogP contribution in [0.25, 0.3) is 10.9 Å². The Morgan fingerprint density at radius 2 is 2.15 bits per heavy atom. The van der Waals surface area contributed by atoms with Gasteiger partial charge in [-0.1, -0.05) is 18.2 Å². The molecule has 0 aliphatic rings. The smallest absolute Gasteiger partial charge is 0.226 e. The summed E-state index contributed by atoms with van der Waals surface area (Å²) in [6.45, 7) is 0.441. The molecule has 3 rings (SSSR count). The van der Waals surface area contributed by atoms with E-state index in [1.807, 2.05) is 30.3 Å². The Balaban J connectivity index is 1.71. The van der Waals surface area contributed by atoms with Crippen molar-refractivity contribution in [3.05, 3.63) is 42.9 Å². The van der Waals surface area contributed by atoms with Crippen LogP contribution in [0, 0.1) is 0 Å². The molecule has 0 unspecified atom stereocenters. The predicted molar refractivity (Wildman–Crippen MR) is 72.8 cm³/mol. The van der Waals surface area contributed by atoms with Gasteiger partial charge in [0.15, 0.2) is 0 Å². The van der Waals surface area contributed by atoms with Crippen LogP contribution in [-0.2, 0) is 11.3 Å². The van der Waals surface area contributed by atoms with Crippen molar-refractivity contribution in [1.29, 1.82) is 0 Å². The first kappa shape index (κ1) is 12.2. The maximum atomic E-state index is 11.9. The van der Waals surface area contributed by atoms with Gasteiger partial charge < -0.3 is 5.32 Å². The Labute approximate surface area is 114 Å². The van der Waals surface area contributed by atoms with E-state index >= 15 is 0 Å². The molecule has 20 heavy (non-hydrogen) atoms. The van der Waals surface area contributed by atoms with Crippen LogP contribution in [0.3, 0.4) is 0 Å². The third-order valence-corrected chi connectivity index (χ3v) is 2.87. The third kappa shape index (κ3) is 2.61. The predicted octanol–water partition coefficient (Wildman–Crippen LogP) is 1.25. The molecule has 1 aromatic carbocycles. The topological polar surface area (TPSA) is 85.6 Å². The molecule has 3 aromatic rings. The number of hydrogen-bond donors (Lipinski definition) is 1. The molecule has 0 atom stereocenters. The number of amides is 1. The lowest BCUT2D eigenvalue weighted by Crippen LogP contribution is -2.15. The Morgan fingerprint density at radius 3 is 3.00 bits per heavy atom.